The molecular weight excluding hydrogens is 711 g/mol. The van der Waals surface area contributed by atoms with Crippen LogP contribution in [0.15, 0.2) is 0 Å². The molecule has 1 heterocycles. The first-order chi connectivity index (χ1) is 27.3. The van der Waals surface area contributed by atoms with E-state index in [0.29, 0.717) is 39.3 Å². The highest BCUT2D eigenvalue weighted by Crippen LogP contribution is 2.15. The van der Waals surface area contributed by atoms with Crippen LogP contribution in [0.5, 0.6) is 0 Å². The zero-order chi connectivity index (χ0) is 40.9. The van der Waals surface area contributed by atoms with Gasteiger partial charge in [-0.2, -0.15) is 9.78 Å². The quantitative estimate of drug-likeness (QED) is 0.0286. The Morgan fingerprint density at radius 3 is 1.07 bits per heavy atom. The summed E-state index contributed by atoms with van der Waals surface area (Å²) in [5.41, 5.74) is 0. The molecule has 1 atom stereocenters. The van der Waals surface area contributed by atoms with Gasteiger partial charge in [-0.25, -0.2) is 9.59 Å². The molecule has 0 bridgehead atoms. The highest BCUT2D eigenvalue weighted by molar-refractivity contribution is 5.78. The standard InChI is InChI=1S/C44H87N5O7/c1-6-8-10-12-14-16-18-20-22-24-26-28-30-49(31-29-27-25-23-21-19-17-15-13-11-9-7-2)41(3)45-42(50)38-46-32-34-47(39-43(51)55-53-4)36-37-48(35-33-46)40-44(52)56-54-5/h41H,6-40H2,1-5H3,(H,45,50). The Kier molecular flexibility index (Phi) is 34.9. The first-order valence-corrected chi connectivity index (χ1v) is 23.0. The van der Waals surface area contributed by atoms with E-state index in [0.717, 1.165) is 25.9 Å². The molecule has 1 rings (SSSR count). The van der Waals surface area contributed by atoms with Crippen LogP contribution in [-0.2, 0) is 33.9 Å². The van der Waals surface area contributed by atoms with Crippen LogP contribution in [0.25, 0.3) is 0 Å². The average Bonchev–Trinajstić information content (AvgIpc) is 3.25. The zero-order valence-electron chi connectivity index (χ0n) is 37.0. The maximum absolute atomic E-state index is 13.6. The number of nitrogens with zero attached hydrogens (tertiary/aromatic N) is 4. The molecule has 1 fully saturated rings. The molecule has 0 aromatic rings. The summed E-state index contributed by atoms with van der Waals surface area (Å²) < 4.78 is 0. The van der Waals surface area contributed by atoms with Crippen molar-refractivity contribution < 1.29 is 33.9 Å². The predicted molar refractivity (Wildman–Crippen MR) is 227 cm³/mol. The lowest BCUT2D eigenvalue weighted by Crippen LogP contribution is -2.50. The molecule has 0 radical (unpaired) electrons. The van der Waals surface area contributed by atoms with E-state index in [4.69, 9.17) is 9.78 Å². The van der Waals surface area contributed by atoms with E-state index in [9.17, 15) is 14.4 Å². The van der Waals surface area contributed by atoms with E-state index in [-0.39, 0.29) is 31.7 Å². The van der Waals surface area contributed by atoms with E-state index in [2.05, 4.69) is 45.7 Å². The van der Waals surface area contributed by atoms with Crippen molar-refractivity contribution in [2.75, 3.05) is 86.2 Å². The first kappa shape index (κ1) is 52.2. The van der Waals surface area contributed by atoms with E-state index in [1.54, 1.807) is 0 Å². The highest BCUT2D eigenvalue weighted by atomic mass is 17.2. The average molecular weight is 798 g/mol. The van der Waals surface area contributed by atoms with Crippen molar-refractivity contribution in [1.29, 1.82) is 0 Å². The number of unbranched alkanes of at least 4 members (excludes halogenated alkanes) is 22. The molecule has 1 saturated heterocycles. The molecule has 1 amide bonds. The Balaban J connectivity index is 2.66. The number of nitrogens with one attached hydrogen (secondary N) is 1. The molecule has 0 saturated carbocycles. The normalized spacial score (nSPS) is 15.3. The van der Waals surface area contributed by atoms with Gasteiger partial charge in [0.05, 0.1) is 26.9 Å². The number of amides is 1. The van der Waals surface area contributed by atoms with Crippen molar-refractivity contribution in [3.63, 3.8) is 0 Å². The third-order valence-corrected chi connectivity index (χ3v) is 11.1. The monoisotopic (exact) mass is 798 g/mol. The number of hydrogen-bond donors (Lipinski definition) is 1. The molecule has 1 aliphatic rings. The third-order valence-electron chi connectivity index (χ3n) is 11.1. The lowest BCUT2D eigenvalue weighted by atomic mass is 10.0. The summed E-state index contributed by atoms with van der Waals surface area (Å²) in [6.07, 6.45) is 31.9. The van der Waals surface area contributed by atoms with Crippen molar-refractivity contribution in [2.24, 2.45) is 0 Å². The number of rotatable bonds is 36. The molecule has 0 aromatic heterocycles. The summed E-state index contributed by atoms with van der Waals surface area (Å²) in [4.78, 5) is 65.0. The van der Waals surface area contributed by atoms with Gasteiger partial charge in [-0.1, -0.05) is 155 Å². The summed E-state index contributed by atoms with van der Waals surface area (Å²) in [6.45, 7) is 12.4. The van der Waals surface area contributed by atoms with Gasteiger partial charge in [0.15, 0.2) is 0 Å². The van der Waals surface area contributed by atoms with E-state index >= 15 is 0 Å². The topological polar surface area (TPSA) is 113 Å². The Labute approximate surface area is 343 Å². The lowest BCUT2D eigenvalue weighted by molar-refractivity contribution is -0.256. The van der Waals surface area contributed by atoms with Gasteiger partial charge in [-0.15, -0.1) is 0 Å². The Morgan fingerprint density at radius 2 is 0.768 bits per heavy atom. The van der Waals surface area contributed by atoms with Crippen molar-refractivity contribution in [2.45, 2.75) is 181 Å². The van der Waals surface area contributed by atoms with Crippen molar-refractivity contribution >= 4 is 17.8 Å². The largest absolute Gasteiger partial charge is 0.356 e. The van der Waals surface area contributed by atoms with Crippen LogP contribution in [0.1, 0.15) is 175 Å². The number of carbonyl (C=O) groups is 3. The zero-order valence-corrected chi connectivity index (χ0v) is 37.0. The van der Waals surface area contributed by atoms with Crippen LogP contribution >= 0.6 is 0 Å². The van der Waals surface area contributed by atoms with E-state index in [1.165, 1.54) is 155 Å². The smallest absolute Gasteiger partial charge is 0.340 e. The second kappa shape index (κ2) is 37.4. The van der Waals surface area contributed by atoms with E-state index in [1.807, 2.05) is 9.80 Å². The highest BCUT2D eigenvalue weighted by Gasteiger charge is 2.23. The molecule has 12 heteroatoms. The summed E-state index contributed by atoms with van der Waals surface area (Å²) in [7, 11) is 2.61. The summed E-state index contributed by atoms with van der Waals surface area (Å²) in [5.74, 6) is -0.991. The Bertz CT molecular complexity index is 885. The van der Waals surface area contributed by atoms with Crippen molar-refractivity contribution in [1.82, 2.24) is 24.9 Å². The van der Waals surface area contributed by atoms with Gasteiger partial charge in [0.25, 0.3) is 0 Å². The second-order valence-electron chi connectivity index (χ2n) is 16.1. The summed E-state index contributed by atoms with van der Waals surface area (Å²) >= 11 is 0. The summed E-state index contributed by atoms with van der Waals surface area (Å²) in [5, 5.41) is 3.32. The fraction of sp³-hybridized carbons (Fsp3) is 0.932. The first-order valence-electron chi connectivity index (χ1n) is 23.0. The fourth-order valence-electron chi connectivity index (χ4n) is 7.65. The maximum atomic E-state index is 13.6. The van der Waals surface area contributed by atoms with Crippen molar-refractivity contribution in [3.8, 4) is 0 Å². The third kappa shape index (κ3) is 30.3. The molecule has 1 N–H and O–H groups in total. The lowest BCUT2D eigenvalue weighted by Gasteiger charge is -2.31. The number of hydrogen-bond acceptors (Lipinski definition) is 11. The molecule has 1 unspecified atom stereocenters. The van der Waals surface area contributed by atoms with Crippen LogP contribution < -0.4 is 5.32 Å². The van der Waals surface area contributed by atoms with E-state index < -0.39 is 11.9 Å². The molecule has 0 aliphatic carbocycles. The summed E-state index contributed by atoms with van der Waals surface area (Å²) in [6, 6.07) is 0. The van der Waals surface area contributed by atoms with Gasteiger partial charge >= 0.3 is 11.9 Å². The minimum Gasteiger partial charge on any atom is -0.340 e. The SMILES string of the molecule is CCCCCCCCCCCCCCN(CCCCCCCCCCCCCC)C(C)NC(=O)CN1CCN(CC(=O)OOC)CCN(CC(=O)OOC)CC1. The minimum atomic E-state index is -0.489. The molecule has 12 nitrogen and oxygen atoms in total. The molecule has 1 aliphatic heterocycles. The predicted octanol–water partition coefficient (Wildman–Crippen LogP) is 8.28. The minimum absolute atomic E-state index is 0.0122. The molecule has 0 aromatic carbocycles. The van der Waals surface area contributed by atoms with Gasteiger partial charge in [0.1, 0.15) is 13.1 Å². The van der Waals surface area contributed by atoms with Crippen molar-refractivity contribution in [3.05, 3.63) is 0 Å². The number of carbonyl (C=O) groups excluding carboxylic acids is 3. The molecular formula is C44H87N5O7. The van der Waals surface area contributed by atoms with Gasteiger partial charge < -0.3 is 5.32 Å². The Morgan fingerprint density at radius 1 is 0.482 bits per heavy atom. The van der Waals surface area contributed by atoms with Crippen LogP contribution in [0.3, 0.4) is 0 Å². The Hall–Kier alpha value is -1.83. The van der Waals surface area contributed by atoms with Crippen LogP contribution in [0.2, 0.25) is 0 Å². The second-order valence-corrected chi connectivity index (χ2v) is 16.1. The van der Waals surface area contributed by atoms with Crippen LogP contribution in [0.4, 0.5) is 0 Å². The molecule has 330 valence electrons. The molecule has 56 heavy (non-hydrogen) atoms. The maximum Gasteiger partial charge on any atom is 0.356 e. The van der Waals surface area contributed by atoms with Gasteiger partial charge in [0.2, 0.25) is 5.91 Å². The fourth-order valence-corrected chi connectivity index (χ4v) is 7.65. The molecule has 0 spiro atoms. The van der Waals surface area contributed by atoms with Crippen LogP contribution in [-0.4, -0.2) is 130 Å². The van der Waals surface area contributed by atoms with Crippen LogP contribution in [0, 0.1) is 0 Å². The van der Waals surface area contributed by atoms with Gasteiger partial charge in [-0.3, -0.25) is 34.2 Å². The van der Waals surface area contributed by atoms with Gasteiger partial charge in [0, 0.05) is 52.4 Å². The van der Waals surface area contributed by atoms with Gasteiger partial charge in [-0.05, 0) is 19.8 Å².